The Bertz CT molecular complexity index is 775. The Hall–Kier alpha value is -2.03. The smallest absolute Gasteiger partial charge is 0.166 e. The number of fused-ring (bicyclic) bond motifs is 1. The lowest BCUT2D eigenvalue weighted by Gasteiger charge is -2.18. The third kappa shape index (κ3) is 3.40. The zero-order valence-corrected chi connectivity index (χ0v) is 13.8. The molecule has 0 unspecified atom stereocenters. The van der Waals surface area contributed by atoms with Crippen molar-refractivity contribution in [1.29, 1.82) is 0 Å². The van der Waals surface area contributed by atoms with Crippen LogP contribution in [0.2, 0.25) is 0 Å². The summed E-state index contributed by atoms with van der Waals surface area (Å²) in [6.45, 7) is 2.17. The first-order chi connectivity index (χ1) is 11.6. The quantitative estimate of drug-likeness (QED) is 0.536. The standard InChI is InChI=1S/C21H21F3/c1-2-3-4-6-14-9-10-15-12-18(20(23)13-16(15)11-14)17-7-5-8-19(22)21(17)24/h5,7-8,11-13H,2-4,6,9-10H2,1H3. The summed E-state index contributed by atoms with van der Waals surface area (Å²) in [7, 11) is 0. The predicted molar refractivity (Wildman–Crippen MR) is 92.2 cm³/mol. The normalized spacial score (nSPS) is 13.6. The molecule has 1 aliphatic carbocycles. The third-order valence-corrected chi connectivity index (χ3v) is 4.65. The number of halogens is 3. The van der Waals surface area contributed by atoms with Gasteiger partial charge in [0.15, 0.2) is 11.6 Å². The zero-order valence-electron chi connectivity index (χ0n) is 13.8. The van der Waals surface area contributed by atoms with E-state index in [1.165, 1.54) is 36.6 Å². The molecule has 0 heterocycles. The summed E-state index contributed by atoms with van der Waals surface area (Å²) in [6.07, 6.45) is 8.42. The average Bonchev–Trinajstić information content (AvgIpc) is 2.57. The van der Waals surface area contributed by atoms with Crippen LogP contribution in [0.15, 0.2) is 35.9 Å². The van der Waals surface area contributed by atoms with Crippen LogP contribution < -0.4 is 0 Å². The number of rotatable bonds is 5. The molecular weight excluding hydrogens is 309 g/mol. The van der Waals surface area contributed by atoms with Crippen molar-refractivity contribution in [1.82, 2.24) is 0 Å². The van der Waals surface area contributed by atoms with Crippen LogP contribution in [0.4, 0.5) is 13.2 Å². The minimum Gasteiger partial charge on any atom is -0.206 e. The average molecular weight is 330 g/mol. The van der Waals surface area contributed by atoms with Gasteiger partial charge in [0, 0.05) is 11.1 Å². The molecule has 2 aromatic rings. The van der Waals surface area contributed by atoms with E-state index < -0.39 is 17.5 Å². The van der Waals surface area contributed by atoms with Crippen molar-refractivity contribution in [2.24, 2.45) is 0 Å². The Morgan fingerprint density at radius 1 is 0.917 bits per heavy atom. The van der Waals surface area contributed by atoms with Crippen LogP contribution in [0.1, 0.15) is 50.2 Å². The van der Waals surface area contributed by atoms with Crippen molar-refractivity contribution in [3.63, 3.8) is 0 Å². The molecule has 0 N–H and O–H groups in total. The van der Waals surface area contributed by atoms with Gasteiger partial charge in [-0.05, 0) is 55.0 Å². The Kier molecular flexibility index (Phi) is 5.08. The molecule has 2 aromatic carbocycles. The molecule has 0 saturated carbocycles. The van der Waals surface area contributed by atoms with E-state index in [1.807, 2.05) is 0 Å². The summed E-state index contributed by atoms with van der Waals surface area (Å²) in [4.78, 5) is 0. The third-order valence-electron chi connectivity index (χ3n) is 4.65. The van der Waals surface area contributed by atoms with Gasteiger partial charge in [-0.25, -0.2) is 13.2 Å². The molecule has 0 aromatic heterocycles. The van der Waals surface area contributed by atoms with Gasteiger partial charge in [-0.1, -0.05) is 43.5 Å². The molecule has 0 atom stereocenters. The molecular formula is C21H21F3. The number of allylic oxidation sites excluding steroid dienone is 1. The fraction of sp³-hybridized carbons (Fsp3) is 0.333. The largest absolute Gasteiger partial charge is 0.206 e. The summed E-state index contributed by atoms with van der Waals surface area (Å²) >= 11 is 0. The Morgan fingerprint density at radius 2 is 1.75 bits per heavy atom. The van der Waals surface area contributed by atoms with E-state index in [0.717, 1.165) is 42.9 Å². The topological polar surface area (TPSA) is 0 Å². The van der Waals surface area contributed by atoms with Gasteiger partial charge in [0.05, 0.1) is 0 Å². The lowest BCUT2D eigenvalue weighted by molar-refractivity contribution is 0.510. The van der Waals surface area contributed by atoms with Crippen LogP contribution in [0.5, 0.6) is 0 Å². The first-order valence-corrected chi connectivity index (χ1v) is 8.56. The fourth-order valence-corrected chi connectivity index (χ4v) is 3.29. The van der Waals surface area contributed by atoms with Gasteiger partial charge in [0.25, 0.3) is 0 Å². The number of benzene rings is 2. The number of hydrogen-bond acceptors (Lipinski definition) is 0. The minimum atomic E-state index is -0.997. The number of hydrogen-bond donors (Lipinski definition) is 0. The van der Waals surface area contributed by atoms with E-state index in [4.69, 9.17) is 0 Å². The fourth-order valence-electron chi connectivity index (χ4n) is 3.29. The molecule has 0 nitrogen and oxygen atoms in total. The molecule has 0 amide bonds. The van der Waals surface area contributed by atoms with Gasteiger partial charge in [-0.2, -0.15) is 0 Å². The molecule has 0 fully saturated rings. The highest BCUT2D eigenvalue weighted by Gasteiger charge is 2.18. The second kappa shape index (κ2) is 7.25. The second-order valence-electron chi connectivity index (χ2n) is 6.39. The van der Waals surface area contributed by atoms with E-state index in [-0.39, 0.29) is 11.1 Å². The molecule has 24 heavy (non-hydrogen) atoms. The second-order valence-corrected chi connectivity index (χ2v) is 6.39. The molecule has 3 rings (SSSR count). The van der Waals surface area contributed by atoms with Crippen molar-refractivity contribution in [3.8, 4) is 11.1 Å². The summed E-state index contributed by atoms with van der Waals surface area (Å²) in [6, 6.07) is 6.98. The molecule has 1 aliphatic rings. The lowest BCUT2D eigenvalue weighted by atomic mass is 9.87. The van der Waals surface area contributed by atoms with E-state index in [9.17, 15) is 13.2 Å². The van der Waals surface area contributed by atoms with Crippen molar-refractivity contribution in [3.05, 3.63) is 64.5 Å². The summed E-state index contributed by atoms with van der Waals surface area (Å²) in [5, 5.41) is 0. The molecule has 0 saturated heterocycles. The number of unbranched alkanes of at least 4 members (excludes halogenated alkanes) is 2. The molecule has 0 aliphatic heterocycles. The van der Waals surface area contributed by atoms with Crippen molar-refractivity contribution in [2.45, 2.75) is 45.4 Å². The molecule has 0 bridgehead atoms. The zero-order chi connectivity index (χ0) is 17.1. The van der Waals surface area contributed by atoms with Crippen molar-refractivity contribution in [2.75, 3.05) is 0 Å². The number of aryl methyl sites for hydroxylation is 1. The van der Waals surface area contributed by atoms with Crippen molar-refractivity contribution < 1.29 is 13.2 Å². The summed E-state index contributed by atoms with van der Waals surface area (Å²) in [5.74, 6) is -2.46. The Labute approximate surface area is 141 Å². The van der Waals surface area contributed by atoms with Crippen LogP contribution in [-0.2, 0) is 6.42 Å². The van der Waals surface area contributed by atoms with Gasteiger partial charge in [0.1, 0.15) is 5.82 Å². The maximum Gasteiger partial charge on any atom is 0.166 e. The monoisotopic (exact) mass is 330 g/mol. The molecule has 0 radical (unpaired) electrons. The van der Waals surface area contributed by atoms with Crippen LogP contribution in [0, 0.1) is 17.5 Å². The molecule has 126 valence electrons. The van der Waals surface area contributed by atoms with Crippen LogP contribution in [-0.4, -0.2) is 0 Å². The van der Waals surface area contributed by atoms with Crippen LogP contribution in [0.25, 0.3) is 17.2 Å². The van der Waals surface area contributed by atoms with E-state index >= 15 is 0 Å². The molecule has 0 spiro atoms. The lowest BCUT2D eigenvalue weighted by Crippen LogP contribution is -2.02. The minimum absolute atomic E-state index is 0.0203. The summed E-state index contributed by atoms with van der Waals surface area (Å²) < 4.78 is 41.9. The SMILES string of the molecule is CCCCCC1=Cc2cc(F)c(-c3cccc(F)c3F)cc2CC1. The maximum atomic E-state index is 14.5. The highest BCUT2D eigenvalue weighted by Crippen LogP contribution is 2.34. The highest BCUT2D eigenvalue weighted by molar-refractivity contribution is 5.70. The molecule has 3 heteroatoms. The van der Waals surface area contributed by atoms with Gasteiger partial charge in [-0.3, -0.25) is 0 Å². The first-order valence-electron chi connectivity index (χ1n) is 8.56. The van der Waals surface area contributed by atoms with Gasteiger partial charge in [-0.15, -0.1) is 0 Å². The van der Waals surface area contributed by atoms with E-state index in [0.29, 0.717) is 0 Å². The summed E-state index contributed by atoms with van der Waals surface area (Å²) in [5.41, 5.74) is 3.32. The first kappa shape index (κ1) is 16.8. The van der Waals surface area contributed by atoms with E-state index in [2.05, 4.69) is 13.0 Å². The highest BCUT2D eigenvalue weighted by atomic mass is 19.2. The Morgan fingerprint density at radius 3 is 2.54 bits per heavy atom. The van der Waals surface area contributed by atoms with Gasteiger partial charge >= 0.3 is 0 Å². The van der Waals surface area contributed by atoms with Crippen LogP contribution in [0.3, 0.4) is 0 Å². The maximum absolute atomic E-state index is 14.5. The van der Waals surface area contributed by atoms with Crippen LogP contribution >= 0.6 is 0 Å². The van der Waals surface area contributed by atoms with Gasteiger partial charge < -0.3 is 0 Å². The van der Waals surface area contributed by atoms with E-state index in [1.54, 1.807) is 6.07 Å². The Balaban J connectivity index is 1.94. The predicted octanol–water partition coefficient (Wildman–Crippen LogP) is 6.68. The van der Waals surface area contributed by atoms with Gasteiger partial charge in [0.2, 0.25) is 0 Å². The van der Waals surface area contributed by atoms with Crippen molar-refractivity contribution >= 4 is 6.08 Å².